The number of carbonyl (C=O) groups is 1. The second kappa shape index (κ2) is 9.08. The van der Waals surface area contributed by atoms with Gasteiger partial charge >= 0.3 is 5.97 Å². The molecule has 3 heteroatoms. The van der Waals surface area contributed by atoms with Gasteiger partial charge in [-0.1, -0.05) is 0 Å². The van der Waals surface area contributed by atoms with E-state index in [0.29, 0.717) is 13.2 Å². The molecule has 1 N–H and O–H groups in total. The summed E-state index contributed by atoms with van der Waals surface area (Å²) in [5.74, 6) is 2.37. The van der Waals surface area contributed by atoms with Crippen LogP contribution in [0.1, 0.15) is 26.2 Å². The molecule has 0 bridgehead atoms. The molecule has 3 nitrogen and oxygen atoms in total. The third-order valence-corrected chi connectivity index (χ3v) is 1.50. The van der Waals surface area contributed by atoms with Crippen molar-refractivity contribution >= 4 is 5.97 Å². The van der Waals surface area contributed by atoms with E-state index >= 15 is 0 Å². The van der Waals surface area contributed by atoms with Crippen molar-refractivity contribution in [2.24, 2.45) is 0 Å². The number of nitrogens with one attached hydrogen (secondary N) is 1. The summed E-state index contributed by atoms with van der Waals surface area (Å²) < 4.78 is 4.74. The number of unbranched alkanes of at least 4 members (excludes halogenated alkanes) is 2. The Kier molecular flexibility index (Phi) is 8.38. The Bertz CT molecular complexity index is 172. The number of hydrogen-bond donors (Lipinski definition) is 1. The molecule has 0 aliphatic heterocycles. The first-order valence-electron chi connectivity index (χ1n) is 4.61. The van der Waals surface area contributed by atoms with E-state index in [9.17, 15) is 4.79 Å². The Morgan fingerprint density at radius 1 is 1.54 bits per heavy atom. The Hall–Kier alpha value is -1.01. The van der Waals surface area contributed by atoms with Gasteiger partial charge in [-0.2, -0.15) is 0 Å². The van der Waals surface area contributed by atoms with Crippen molar-refractivity contribution in [3.05, 3.63) is 0 Å². The van der Waals surface area contributed by atoms with Gasteiger partial charge in [-0.15, -0.1) is 12.3 Å². The van der Waals surface area contributed by atoms with Gasteiger partial charge in [0.05, 0.1) is 13.2 Å². The second-order valence-electron chi connectivity index (χ2n) is 2.64. The van der Waals surface area contributed by atoms with Gasteiger partial charge in [-0.3, -0.25) is 4.79 Å². The van der Waals surface area contributed by atoms with E-state index in [1.807, 2.05) is 0 Å². The van der Waals surface area contributed by atoms with Gasteiger partial charge in [-0.25, -0.2) is 0 Å². The monoisotopic (exact) mass is 183 g/mol. The topological polar surface area (TPSA) is 38.3 Å². The van der Waals surface area contributed by atoms with E-state index in [-0.39, 0.29) is 5.97 Å². The molecule has 0 heterocycles. The number of rotatable bonds is 7. The maximum atomic E-state index is 10.8. The molecule has 0 aliphatic rings. The quantitative estimate of drug-likeness (QED) is 0.363. The second-order valence-corrected chi connectivity index (χ2v) is 2.64. The largest absolute Gasteiger partial charge is 0.465 e. The highest BCUT2D eigenvalue weighted by molar-refractivity contribution is 5.71. The molecule has 0 spiro atoms. The van der Waals surface area contributed by atoms with Gasteiger partial charge in [0.2, 0.25) is 0 Å². The van der Waals surface area contributed by atoms with Gasteiger partial charge in [0.1, 0.15) is 0 Å². The van der Waals surface area contributed by atoms with Gasteiger partial charge in [0, 0.05) is 6.42 Å². The van der Waals surface area contributed by atoms with Crippen molar-refractivity contribution in [3.63, 3.8) is 0 Å². The van der Waals surface area contributed by atoms with Crippen LogP contribution in [0.2, 0.25) is 0 Å². The molecule has 0 rings (SSSR count). The summed E-state index contributed by atoms with van der Waals surface area (Å²) in [5, 5.41) is 2.99. The van der Waals surface area contributed by atoms with Crippen LogP contribution in [0.5, 0.6) is 0 Å². The third kappa shape index (κ3) is 8.90. The van der Waals surface area contributed by atoms with Crippen molar-refractivity contribution in [2.45, 2.75) is 26.2 Å². The zero-order chi connectivity index (χ0) is 9.94. The zero-order valence-corrected chi connectivity index (χ0v) is 8.14. The summed E-state index contributed by atoms with van der Waals surface area (Å²) in [7, 11) is 0. The molecule has 13 heavy (non-hydrogen) atoms. The molecule has 0 radical (unpaired) electrons. The summed E-state index contributed by atoms with van der Waals surface area (Å²) >= 11 is 0. The van der Waals surface area contributed by atoms with Crippen molar-refractivity contribution in [2.75, 3.05) is 19.7 Å². The van der Waals surface area contributed by atoms with Crippen LogP contribution in [0, 0.1) is 12.3 Å². The van der Waals surface area contributed by atoms with Crippen molar-refractivity contribution in [1.29, 1.82) is 0 Å². The Balaban J connectivity index is 3.07. The lowest BCUT2D eigenvalue weighted by atomic mass is 10.2. The summed E-state index contributed by atoms with van der Waals surface area (Å²) in [6.07, 6.45) is 7.90. The molecule has 0 fully saturated rings. The Morgan fingerprint density at radius 2 is 2.31 bits per heavy atom. The minimum absolute atomic E-state index is 0.195. The number of hydrogen-bond acceptors (Lipinski definition) is 3. The average Bonchev–Trinajstić information content (AvgIpc) is 2.11. The molecule has 0 unspecified atom stereocenters. The van der Waals surface area contributed by atoms with Crippen molar-refractivity contribution < 1.29 is 9.53 Å². The van der Waals surface area contributed by atoms with Gasteiger partial charge in [-0.05, 0) is 26.3 Å². The van der Waals surface area contributed by atoms with E-state index in [2.05, 4.69) is 11.2 Å². The van der Waals surface area contributed by atoms with E-state index in [4.69, 9.17) is 11.2 Å². The molecule has 0 amide bonds. The first-order chi connectivity index (χ1) is 6.31. The van der Waals surface area contributed by atoms with E-state index < -0.39 is 0 Å². The first-order valence-corrected chi connectivity index (χ1v) is 4.61. The van der Waals surface area contributed by atoms with Crippen LogP contribution in [0.15, 0.2) is 0 Å². The van der Waals surface area contributed by atoms with Crippen LogP contribution < -0.4 is 5.32 Å². The Morgan fingerprint density at radius 3 is 2.92 bits per heavy atom. The molecule has 0 aromatic heterocycles. The van der Waals surface area contributed by atoms with Crippen LogP contribution in [-0.4, -0.2) is 25.7 Å². The highest BCUT2D eigenvalue weighted by atomic mass is 16.5. The van der Waals surface area contributed by atoms with Crippen LogP contribution in [0.4, 0.5) is 0 Å². The number of ether oxygens (including phenoxy) is 1. The minimum atomic E-state index is -0.195. The normalized spacial score (nSPS) is 9.23. The maximum absolute atomic E-state index is 10.8. The number of carbonyl (C=O) groups excluding carboxylic acids is 1. The maximum Gasteiger partial charge on any atom is 0.319 e. The molecule has 0 aliphatic carbocycles. The molecular formula is C10H17NO2. The van der Waals surface area contributed by atoms with Crippen LogP contribution in [0.25, 0.3) is 0 Å². The average molecular weight is 183 g/mol. The lowest BCUT2D eigenvalue weighted by Crippen LogP contribution is -2.25. The standard InChI is InChI=1S/C10H17NO2/c1-3-5-6-7-8-11-9-10(12)13-4-2/h1,11H,4-9H2,2H3. The van der Waals surface area contributed by atoms with Crippen LogP contribution in [-0.2, 0) is 9.53 Å². The van der Waals surface area contributed by atoms with E-state index in [1.165, 1.54) is 0 Å². The van der Waals surface area contributed by atoms with E-state index in [1.54, 1.807) is 6.92 Å². The highest BCUT2D eigenvalue weighted by Crippen LogP contribution is 1.90. The molecule has 0 aromatic carbocycles. The fourth-order valence-corrected chi connectivity index (χ4v) is 0.880. The molecule has 0 saturated heterocycles. The molecule has 0 atom stereocenters. The lowest BCUT2D eigenvalue weighted by Gasteiger charge is -2.03. The third-order valence-electron chi connectivity index (χ3n) is 1.50. The zero-order valence-electron chi connectivity index (χ0n) is 8.14. The molecule has 0 aromatic rings. The van der Waals surface area contributed by atoms with Crippen LogP contribution in [0.3, 0.4) is 0 Å². The SMILES string of the molecule is C#CCCCCNCC(=O)OCC. The summed E-state index contributed by atoms with van der Waals surface area (Å²) in [5.41, 5.74) is 0. The molecule has 0 saturated carbocycles. The number of terminal acetylenes is 1. The molecule has 74 valence electrons. The van der Waals surface area contributed by atoms with Crippen molar-refractivity contribution in [1.82, 2.24) is 5.32 Å². The predicted octanol–water partition coefficient (Wildman–Crippen LogP) is 0.943. The smallest absolute Gasteiger partial charge is 0.319 e. The summed E-state index contributed by atoms with van der Waals surface area (Å²) in [4.78, 5) is 10.8. The minimum Gasteiger partial charge on any atom is -0.465 e. The van der Waals surface area contributed by atoms with Crippen molar-refractivity contribution in [3.8, 4) is 12.3 Å². The number of esters is 1. The fourth-order valence-electron chi connectivity index (χ4n) is 0.880. The summed E-state index contributed by atoms with van der Waals surface area (Å²) in [6, 6.07) is 0. The predicted molar refractivity (Wildman–Crippen MR) is 52.2 cm³/mol. The van der Waals surface area contributed by atoms with E-state index in [0.717, 1.165) is 25.8 Å². The van der Waals surface area contributed by atoms with Crippen LogP contribution >= 0.6 is 0 Å². The first kappa shape index (κ1) is 12.0. The molecular weight excluding hydrogens is 166 g/mol. The van der Waals surface area contributed by atoms with Gasteiger partial charge in [0.25, 0.3) is 0 Å². The summed E-state index contributed by atoms with van der Waals surface area (Å²) in [6.45, 7) is 3.35. The highest BCUT2D eigenvalue weighted by Gasteiger charge is 1.98. The van der Waals surface area contributed by atoms with Gasteiger partial charge < -0.3 is 10.1 Å². The van der Waals surface area contributed by atoms with Gasteiger partial charge in [0.15, 0.2) is 0 Å². The Labute approximate surface area is 79.8 Å². The fraction of sp³-hybridized carbons (Fsp3) is 0.700. The lowest BCUT2D eigenvalue weighted by molar-refractivity contribution is -0.141.